The first-order valence-electron chi connectivity index (χ1n) is 18.9. The van der Waals surface area contributed by atoms with Gasteiger partial charge in [0, 0.05) is 58.7 Å². The van der Waals surface area contributed by atoms with E-state index in [4.69, 9.17) is 8.83 Å². The van der Waals surface area contributed by atoms with Gasteiger partial charge in [0.1, 0.15) is 22.3 Å². The Labute approximate surface area is 325 Å². The standard InChI is InChI=1S/C52H31NO2S/c1-2-11-37-32(10-1)26-31-42-41-16-7-14-38(50(41)55-51(37)42)33-22-27-35(28-23-33)53(45-18-9-20-47-49(45)44-13-3-5-19-46(44)54-47)36-29-24-34(25-30-36)39-15-8-17-43-40-12-4-6-21-48(40)56-52(39)43/h1-31H. The molecule has 0 N–H and O–H groups in total. The van der Waals surface area contributed by atoms with Gasteiger partial charge >= 0.3 is 0 Å². The van der Waals surface area contributed by atoms with E-state index in [0.29, 0.717) is 0 Å². The topological polar surface area (TPSA) is 29.5 Å². The first-order chi connectivity index (χ1) is 27.8. The fraction of sp³-hybridized carbons (Fsp3) is 0. The second-order valence-corrected chi connectivity index (χ2v) is 15.5. The van der Waals surface area contributed by atoms with Crippen LogP contribution in [-0.4, -0.2) is 0 Å². The van der Waals surface area contributed by atoms with E-state index in [-0.39, 0.29) is 0 Å². The average Bonchev–Trinajstić information content (AvgIpc) is 3.96. The first-order valence-corrected chi connectivity index (χ1v) is 19.7. The maximum absolute atomic E-state index is 6.72. The third-order valence-corrected chi connectivity index (χ3v) is 12.5. The number of hydrogen-bond donors (Lipinski definition) is 0. The van der Waals surface area contributed by atoms with Crippen LogP contribution in [0.5, 0.6) is 0 Å². The SMILES string of the molecule is c1ccc2c(c1)ccc1c3cccc(-c4ccc(N(c5ccc(-c6cccc7c6sc6ccccc67)cc5)c5cccc6oc7ccccc7c56)cc4)c3oc21. The van der Waals surface area contributed by atoms with Crippen molar-refractivity contribution in [2.45, 2.75) is 0 Å². The van der Waals surface area contributed by atoms with Gasteiger partial charge in [0.15, 0.2) is 0 Å². The summed E-state index contributed by atoms with van der Waals surface area (Å²) in [6.07, 6.45) is 0. The smallest absolute Gasteiger partial charge is 0.143 e. The van der Waals surface area contributed by atoms with Crippen LogP contribution in [0.25, 0.3) is 97.1 Å². The summed E-state index contributed by atoms with van der Waals surface area (Å²) in [6, 6.07) is 67.1. The van der Waals surface area contributed by atoms with Crippen molar-refractivity contribution in [3.63, 3.8) is 0 Å². The Bertz CT molecular complexity index is 3480. The summed E-state index contributed by atoms with van der Waals surface area (Å²) < 4.78 is 15.7. The lowest BCUT2D eigenvalue weighted by molar-refractivity contribution is 0.669. The van der Waals surface area contributed by atoms with Gasteiger partial charge < -0.3 is 13.7 Å². The molecular formula is C52H31NO2S. The Balaban J connectivity index is 1.01. The molecule has 0 saturated heterocycles. The highest BCUT2D eigenvalue weighted by molar-refractivity contribution is 7.26. The van der Waals surface area contributed by atoms with Gasteiger partial charge in [-0.2, -0.15) is 0 Å². The molecule has 12 rings (SSSR count). The third-order valence-electron chi connectivity index (χ3n) is 11.3. The Hall–Kier alpha value is -7.14. The molecule has 0 fully saturated rings. The number of nitrogens with zero attached hydrogens (tertiary/aromatic N) is 1. The largest absolute Gasteiger partial charge is 0.456 e. The van der Waals surface area contributed by atoms with E-state index >= 15 is 0 Å². The van der Waals surface area contributed by atoms with E-state index in [1.54, 1.807) is 0 Å². The maximum atomic E-state index is 6.72. The Kier molecular flexibility index (Phi) is 6.80. The molecule has 0 bridgehead atoms. The van der Waals surface area contributed by atoms with Crippen LogP contribution < -0.4 is 4.90 Å². The van der Waals surface area contributed by atoms with Gasteiger partial charge in [-0.3, -0.25) is 0 Å². The second kappa shape index (κ2) is 12.2. The highest BCUT2D eigenvalue weighted by Crippen LogP contribution is 2.46. The highest BCUT2D eigenvalue weighted by Gasteiger charge is 2.21. The van der Waals surface area contributed by atoms with Gasteiger partial charge in [0.2, 0.25) is 0 Å². The minimum absolute atomic E-state index is 0.863. The molecule has 0 atom stereocenters. The summed E-state index contributed by atoms with van der Waals surface area (Å²) in [7, 11) is 0. The number of fused-ring (bicyclic) bond motifs is 11. The number of hydrogen-bond acceptors (Lipinski definition) is 4. The van der Waals surface area contributed by atoms with Crippen LogP contribution in [0.4, 0.5) is 17.1 Å². The zero-order valence-corrected chi connectivity index (χ0v) is 30.9. The molecule has 0 radical (unpaired) electrons. The summed E-state index contributed by atoms with van der Waals surface area (Å²) in [5, 5.41) is 9.36. The highest BCUT2D eigenvalue weighted by atomic mass is 32.1. The molecule has 0 saturated carbocycles. The Morgan fingerprint density at radius 3 is 1.80 bits per heavy atom. The maximum Gasteiger partial charge on any atom is 0.143 e. The lowest BCUT2D eigenvalue weighted by Gasteiger charge is -2.26. The van der Waals surface area contributed by atoms with Gasteiger partial charge in [-0.1, -0.05) is 133 Å². The van der Waals surface area contributed by atoms with Crippen molar-refractivity contribution in [1.29, 1.82) is 0 Å². The fourth-order valence-electron chi connectivity index (χ4n) is 8.68. The van der Waals surface area contributed by atoms with Crippen LogP contribution in [0.3, 0.4) is 0 Å². The van der Waals surface area contributed by atoms with Gasteiger partial charge in [0.05, 0.1) is 11.1 Å². The van der Waals surface area contributed by atoms with Crippen LogP contribution in [-0.2, 0) is 0 Å². The molecule has 12 aromatic rings. The van der Waals surface area contributed by atoms with Crippen LogP contribution in [0.15, 0.2) is 197 Å². The average molecular weight is 734 g/mol. The van der Waals surface area contributed by atoms with Gasteiger partial charge in [-0.25, -0.2) is 0 Å². The van der Waals surface area contributed by atoms with E-state index < -0.39 is 0 Å². The molecule has 56 heavy (non-hydrogen) atoms. The molecule has 0 aliphatic heterocycles. The molecule has 0 amide bonds. The number of rotatable bonds is 5. The molecule has 3 heterocycles. The molecule has 3 aromatic heterocycles. The van der Waals surface area contributed by atoms with Gasteiger partial charge in [0.25, 0.3) is 0 Å². The van der Waals surface area contributed by atoms with Crippen molar-refractivity contribution in [1.82, 2.24) is 0 Å². The number of furan rings is 2. The van der Waals surface area contributed by atoms with Crippen molar-refractivity contribution >= 4 is 103 Å². The van der Waals surface area contributed by atoms with Gasteiger partial charge in [-0.05, 0) is 76.7 Å². The summed E-state index contributed by atoms with van der Waals surface area (Å²) in [4.78, 5) is 2.35. The van der Waals surface area contributed by atoms with Gasteiger partial charge in [-0.15, -0.1) is 11.3 Å². The molecule has 3 nitrogen and oxygen atoms in total. The van der Waals surface area contributed by atoms with E-state index in [1.165, 1.54) is 36.7 Å². The van der Waals surface area contributed by atoms with E-state index in [1.807, 2.05) is 23.5 Å². The van der Waals surface area contributed by atoms with E-state index in [0.717, 1.165) is 77.5 Å². The number of benzene rings is 9. The minimum atomic E-state index is 0.863. The fourth-order valence-corrected chi connectivity index (χ4v) is 9.92. The van der Waals surface area contributed by atoms with Crippen molar-refractivity contribution in [3.05, 3.63) is 188 Å². The van der Waals surface area contributed by atoms with Crippen molar-refractivity contribution in [3.8, 4) is 22.3 Å². The predicted octanol–water partition coefficient (Wildman–Crippen LogP) is 15.8. The second-order valence-electron chi connectivity index (χ2n) is 14.4. The van der Waals surface area contributed by atoms with E-state index in [2.05, 4.69) is 181 Å². The van der Waals surface area contributed by atoms with Crippen molar-refractivity contribution in [2.75, 3.05) is 4.90 Å². The third kappa shape index (κ3) is 4.70. The minimum Gasteiger partial charge on any atom is -0.456 e. The van der Waals surface area contributed by atoms with Crippen LogP contribution >= 0.6 is 11.3 Å². The predicted molar refractivity (Wildman–Crippen MR) is 237 cm³/mol. The number of para-hydroxylation sites is 2. The summed E-state index contributed by atoms with van der Waals surface area (Å²) in [6.45, 7) is 0. The first kappa shape index (κ1) is 31.2. The molecule has 9 aromatic carbocycles. The molecule has 0 spiro atoms. The summed E-state index contributed by atoms with van der Waals surface area (Å²) in [5.41, 5.74) is 11.4. The summed E-state index contributed by atoms with van der Waals surface area (Å²) in [5.74, 6) is 0. The number of thiophene rings is 1. The Morgan fingerprint density at radius 1 is 0.375 bits per heavy atom. The molecule has 0 unspecified atom stereocenters. The normalized spacial score (nSPS) is 11.9. The molecule has 262 valence electrons. The Morgan fingerprint density at radius 2 is 0.982 bits per heavy atom. The van der Waals surface area contributed by atoms with Crippen molar-refractivity contribution < 1.29 is 8.83 Å². The van der Waals surface area contributed by atoms with E-state index in [9.17, 15) is 0 Å². The monoisotopic (exact) mass is 733 g/mol. The summed E-state index contributed by atoms with van der Waals surface area (Å²) >= 11 is 1.86. The molecule has 0 aliphatic carbocycles. The molecule has 4 heteroatoms. The number of anilines is 3. The quantitative estimate of drug-likeness (QED) is 0.176. The lowest BCUT2D eigenvalue weighted by atomic mass is 10.00. The molecular weight excluding hydrogens is 703 g/mol. The van der Waals surface area contributed by atoms with Crippen molar-refractivity contribution in [2.24, 2.45) is 0 Å². The zero-order chi connectivity index (χ0) is 36.7. The van der Waals surface area contributed by atoms with Crippen LogP contribution in [0.2, 0.25) is 0 Å². The zero-order valence-electron chi connectivity index (χ0n) is 30.1. The van der Waals surface area contributed by atoms with Crippen LogP contribution in [0.1, 0.15) is 0 Å². The molecule has 0 aliphatic rings. The van der Waals surface area contributed by atoms with Crippen LogP contribution in [0, 0.1) is 0 Å². The lowest BCUT2D eigenvalue weighted by Crippen LogP contribution is -2.10.